The van der Waals surface area contributed by atoms with Gasteiger partial charge < -0.3 is 10.1 Å². The predicted molar refractivity (Wildman–Crippen MR) is 79.2 cm³/mol. The quantitative estimate of drug-likeness (QED) is 0.903. The van der Waals surface area contributed by atoms with Gasteiger partial charge in [-0.25, -0.2) is 0 Å². The molecule has 3 heterocycles. The number of ether oxygens (including phenoxy) is 1. The molecule has 18 heavy (non-hydrogen) atoms. The van der Waals surface area contributed by atoms with Crippen molar-refractivity contribution in [2.45, 2.75) is 30.9 Å². The van der Waals surface area contributed by atoms with Crippen LogP contribution in [0.15, 0.2) is 22.9 Å². The highest BCUT2D eigenvalue weighted by Gasteiger charge is 2.40. The summed E-state index contributed by atoms with van der Waals surface area (Å²) in [6.45, 7) is 0.875. The minimum absolute atomic E-state index is 0.139. The summed E-state index contributed by atoms with van der Waals surface area (Å²) in [5.74, 6) is 2.40. The topological polar surface area (TPSA) is 34.2 Å². The Hall–Kier alpha value is -0.260. The molecule has 0 unspecified atom stereocenters. The molecule has 1 N–H and O–H groups in total. The van der Waals surface area contributed by atoms with E-state index < -0.39 is 0 Å². The van der Waals surface area contributed by atoms with Crippen molar-refractivity contribution in [2.24, 2.45) is 0 Å². The Morgan fingerprint density at radius 3 is 3.22 bits per heavy atom. The molecule has 2 saturated heterocycles. The number of thioether (sulfide) groups is 1. The minimum atomic E-state index is 0.139. The summed E-state index contributed by atoms with van der Waals surface area (Å²) in [5, 5.41) is 3.59. The Kier molecular flexibility index (Phi) is 3.82. The zero-order chi connectivity index (χ0) is 12.4. The molecule has 1 aromatic heterocycles. The van der Waals surface area contributed by atoms with E-state index in [4.69, 9.17) is 4.74 Å². The van der Waals surface area contributed by atoms with Gasteiger partial charge in [0.05, 0.1) is 17.5 Å². The Bertz CT molecular complexity index is 423. The molecule has 0 radical (unpaired) electrons. The zero-order valence-electron chi connectivity index (χ0n) is 10.2. The summed E-state index contributed by atoms with van der Waals surface area (Å²) >= 11 is 5.47. The number of halogens is 1. The first-order valence-electron chi connectivity index (χ1n) is 6.35. The van der Waals surface area contributed by atoms with Crippen molar-refractivity contribution in [3.8, 4) is 0 Å². The van der Waals surface area contributed by atoms with Crippen molar-refractivity contribution >= 4 is 33.4 Å². The van der Waals surface area contributed by atoms with Gasteiger partial charge in [-0.1, -0.05) is 0 Å². The van der Waals surface area contributed by atoms with Gasteiger partial charge in [-0.15, -0.1) is 0 Å². The van der Waals surface area contributed by atoms with Crippen molar-refractivity contribution in [1.29, 1.82) is 0 Å². The molecular weight excluding hydrogens is 312 g/mol. The molecule has 0 amide bonds. The van der Waals surface area contributed by atoms with Gasteiger partial charge >= 0.3 is 0 Å². The molecule has 0 aromatic carbocycles. The number of pyridine rings is 1. The SMILES string of the molecule is Brc1cncc(N[C@H]2CCO[C@]3(CCSC3)C2)c1. The standard InChI is InChI=1S/C13H17BrN2OS/c14-10-5-12(8-15-7-10)16-11-1-3-17-13(6-11)2-4-18-9-13/h5,7-8,11,16H,1-4,6,9H2/t11-,13+/m0/s1. The third kappa shape index (κ3) is 2.83. The van der Waals surface area contributed by atoms with Crippen molar-refractivity contribution < 1.29 is 4.74 Å². The lowest BCUT2D eigenvalue weighted by Crippen LogP contribution is -2.44. The van der Waals surface area contributed by atoms with Gasteiger partial charge in [0, 0.05) is 29.1 Å². The Labute approximate surface area is 120 Å². The van der Waals surface area contributed by atoms with Crippen molar-refractivity contribution in [3.63, 3.8) is 0 Å². The molecule has 0 saturated carbocycles. The predicted octanol–water partition coefficient (Wildman–Crippen LogP) is 3.31. The lowest BCUT2D eigenvalue weighted by molar-refractivity contribution is -0.0628. The van der Waals surface area contributed by atoms with Crippen molar-refractivity contribution in [1.82, 2.24) is 4.98 Å². The molecule has 5 heteroatoms. The van der Waals surface area contributed by atoms with Crippen LogP contribution < -0.4 is 5.32 Å². The van der Waals surface area contributed by atoms with E-state index in [2.05, 4.69) is 32.3 Å². The van der Waals surface area contributed by atoms with Crippen molar-refractivity contribution in [2.75, 3.05) is 23.4 Å². The van der Waals surface area contributed by atoms with E-state index in [-0.39, 0.29) is 5.60 Å². The van der Waals surface area contributed by atoms with E-state index in [1.54, 1.807) is 0 Å². The van der Waals surface area contributed by atoms with Gasteiger partial charge in [0.25, 0.3) is 0 Å². The van der Waals surface area contributed by atoms with Gasteiger partial charge in [-0.05, 0) is 47.0 Å². The monoisotopic (exact) mass is 328 g/mol. The second-order valence-corrected chi connectivity index (χ2v) is 7.08. The average molecular weight is 329 g/mol. The molecule has 0 aliphatic carbocycles. The first-order chi connectivity index (χ1) is 8.76. The summed E-state index contributed by atoms with van der Waals surface area (Å²) < 4.78 is 7.05. The third-order valence-electron chi connectivity index (χ3n) is 3.64. The van der Waals surface area contributed by atoms with E-state index in [9.17, 15) is 0 Å². The molecule has 2 atom stereocenters. The van der Waals surface area contributed by atoms with E-state index in [0.717, 1.165) is 35.4 Å². The molecule has 2 aliphatic heterocycles. The summed E-state index contributed by atoms with van der Waals surface area (Å²) in [5.41, 5.74) is 1.23. The number of aromatic nitrogens is 1. The van der Waals surface area contributed by atoms with Gasteiger partial charge in [-0.3, -0.25) is 4.98 Å². The van der Waals surface area contributed by atoms with E-state index in [1.165, 1.54) is 12.2 Å². The first kappa shape index (κ1) is 12.8. The van der Waals surface area contributed by atoms with E-state index >= 15 is 0 Å². The van der Waals surface area contributed by atoms with Gasteiger partial charge in [-0.2, -0.15) is 11.8 Å². The highest BCUT2D eigenvalue weighted by Crippen LogP contribution is 2.38. The minimum Gasteiger partial charge on any atom is -0.381 e. The van der Waals surface area contributed by atoms with Gasteiger partial charge in [0.2, 0.25) is 0 Å². The number of hydrogen-bond donors (Lipinski definition) is 1. The molecule has 2 fully saturated rings. The molecule has 98 valence electrons. The van der Waals surface area contributed by atoms with Crippen LogP contribution >= 0.6 is 27.7 Å². The van der Waals surface area contributed by atoms with E-state index in [1.807, 2.05) is 24.2 Å². The van der Waals surface area contributed by atoms with Crippen LogP contribution in [0.3, 0.4) is 0 Å². The average Bonchev–Trinajstić information content (AvgIpc) is 2.77. The van der Waals surface area contributed by atoms with Crippen LogP contribution in [0.25, 0.3) is 0 Å². The van der Waals surface area contributed by atoms with E-state index in [0.29, 0.717) is 6.04 Å². The highest BCUT2D eigenvalue weighted by atomic mass is 79.9. The Balaban J connectivity index is 1.66. The summed E-state index contributed by atoms with van der Waals surface area (Å²) in [6.07, 6.45) is 7.10. The molecule has 1 aromatic rings. The fraction of sp³-hybridized carbons (Fsp3) is 0.615. The number of rotatable bonds is 2. The van der Waals surface area contributed by atoms with Crippen molar-refractivity contribution in [3.05, 3.63) is 22.9 Å². The second kappa shape index (κ2) is 5.39. The smallest absolute Gasteiger partial charge is 0.0799 e. The third-order valence-corrected chi connectivity index (χ3v) is 5.29. The van der Waals surface area contributed by atoms with Crippen LogP contribution in [0.4, 0.5) is 5.69 Å². The van der Waals surface area contributed by atoms with Crippen LogP contribution in [0.2, 0.25) is 0 Å². The van der Waals surface area contributed by atoms with Crippen LogP contribution in [0, 0.1) is 0 Å². The molecule has 3 nitrogen and oxygen atoms in total. The van der Waals surface area contributed by atoms with Crippen LogP contribution in [-0.4, -0.2) is 34.7 Å². The zero-order valence-corrected chi connectivity index (χ0v) is 12.6. The van der Waals surface area contributed by atoms with Crippen LogP contribution in [0.5, 0.6) is 0 Å². The summed E-state index contributed by atoms with van der Waals surface area (Å²) in [6, 6.07) is 2.59. The number of hydrogen-bond acceptors (Lipinski definition) is 4. The second-order valence-electron chi connectivity index (χ2n) is 5.06. The van der Waals surface area contributed by atoms with Gasteiger partial charge in [0.15, 0.2) is 0 Å². The first-order valence-corrected chi connectivity index (χ1v) is 8.29. The van der Waals surface area contributed by atoms with Gasteiger partial charge in [0.1, 0.15) is 0 Å². The number of nitrogens with one attached hydrogen (secondary N) is 1. The largest absolute Gasteiger partial charge is 0.381 e. The molecular formula is C13H17BrN2OS. The lowest BCUT2D eigenvalue weighted by Gasteiger charge is -2.38. The Morgan fingerprint density at radius 2 is 2.44 bits per heavy atom. The highest BCUT2D eigenvalue weighted by molar-refractivity contribution is 9.10. The molecule has 2 aliphatic rings. The normalized spacial score (nSPS) is 31.7. The molecule has 1 spiro atoms. The lowest BCUT2D eigenvalue weighted by atomic mass is 9.90. The number of nitrogens with zero attached hydrogens (tertiary/aromatic N) is 1. The number of anilines is 1. The molecule has 0 bridgehead atoms. The maximum Gasteiger partial charge on any atom is 0.0799 e. The fourth-order valence-electron chi connectivity index (χ4n) is 2.74. The van der Waals surface area contributed by atoms with Crippen LogP contribution in [-0.2, 0) is 4.74 Å². The van der Waals surface area contributed by atoms with Crippen LogP contribution in [0.1, 0.15) is 19.3 Å². The maximum absolute atomic E-state index is 6.03. The Morgan fingerprint density at radius 1 is 1.50 bits per heavy atom. The summed E-state index contributed by atoms with van der Waals surface area (Å²) in [4.78, 5) is 4.19. The maximum atomic E-state index is 6.03. The summed E-state index contributed by atoms with van der Waals surface area (Å²) in [7, 11) is 0. The fourth-order valence-corrected chi connectivity index (χ4v) is 4.48. The molecule has 3 rings (SSSR count).